The molecule has 7 heteroatoms. The van der Waals surface area contributed by atoms with Crippen LogP contribution in [0.5, 0.6) is 0 Å². The van der Waals surface area contributed by atoms with Crippen LogP contribution in [0.15, 0.2) is 30.3 Å². The molecular formula is C14H14F3NNaO2+. The van der Waals surface area contributed by atoms with E-state index < -0.39 is 23.7 Å². The third kappa shape index (κ3) is 4.92. The third-order valence-corrected chi connectivity index (χ3v) is 3.35. The average Bonchev–Trinajstić information content (AvgIpc) is 2.40. The van der Waals surface area contributed by atoms with Crippen LogP contribution in [-0.4, -0.2) is 35.7 Å². The van der Waals surface area contributed by atoms with Crippen LogP contribution >= 0.6 is 0 Å². The van der Waals surface area contributed by atoms with Gasteiger partial charge in [0, 0.05) is 26.1 Å². The van der Waals surface area contributed by atoms with Crippen LogP contribution in [0.1, 0.15) is 12.0 Å². The Morgan fingerprint density at radius 3 is 2.43 bits per heavy atom. The first kappa shape index (κ1) is 18.4. The predicted octanol–water partition coefficient (Wildman–Crippen LogP) is -0.787. The molecule has 21 heavy (non-hydrogen) atoms. The summed E-state index contributed by atoms with van der Waals surface area (Å²) in [4.78, 5) is 24.5. The summed E-state index contributed by atoms with van der Waals surface area (Å²) in [6.07, 6.45) is -4.96. The minimum atomic E-state index is -4.95. The zero-order valence-corrected chi connectivity index (χ0v) is 13.7. The Balaban J connectivity index is 0.00000220. The van der Waals surface area contributed by atoms with Crippen LogP contribution in [0.2, 0.25) is 0 Å². The zero-order valence-electron chi connectivity index (χ0n) is 11.7. The molecule has 1 saturated heterocycles. The van der Waals surface area contributed by atoms with Gasteiger partial charge in [-0.15, -0.1) is 0 Å². The molecule has 1 aromatic carbocycles. The van der Waals surface area contributed by atoms with E-state index in [0.29, 0.717) is 13.1 Å². The van der Waals surface area contributed by atoms with Crippen LogP contribution in [0.3, 0.4) is 0 Å². The van der Waals surface area contributed by atoms with Crippen LogP contribution in [0, 0.1) is 5.92 Å². The van der Waals surface area contributed by atoms with Gasteiger partial charge < -0.3 is 0 Å². The van der Waals surface area contributed by atoms with Crippen molar-refractivity contribution in [2.24, 2.45) is 5.92 Å². The molecule has 108 valence electrons. The summed E-state index contributed by atoms with van der Waals surface area (Å²) in [7, 11) is 0. The van der Waals surface area contributed by atoms with E-state index in [4.69, 9.17) is 0 Å². The van der Waals surface area contributed by atoms with Crippen molar-refractivity contribution in [3.63, 3.8) is 0 Å². The van der Waals surface area contributed by atoms with Crippen molar-refractivity contribution in [1.29, 1.82) is 0 Å². The predicted molar refractivity (Wildman–Crippen MR) is 65.9 cm³/mol. The van der Waals surface area contributed by atoms with Gasteiger partial charge in [-0.3, -0.25) is 14.5 Å². The zero-order chi connectivity index (χ0) is 14.8. The summed E-state index contributed by atoms with van der Waals surface area (Å²) in [5, 5.41) is 0. The molecule has 1 aliphatic rings. The van der Waals surface area contributed by atoms with Crippen molar-refractivity contribution in [2.75, 3.05) is 13.1 Å². The molecule has 0 spiro atoms. The summed E-state index contributed by atoms with van der Waals surface area (Å²) >= 11 is 0. The van der Waals surface area contributed by atoms with Gasteiger partial charge >= 0.3 is 35.7 Å². The molecule has 3 nitrogen and oxygen atoms in total. The average molecular weight is 308 g/mol. The van der Waals surface area contributed by atoms with Crippen molar-refractivity contribution in [3.8, 4) is 0 Å². The molecule has 0 radical (unpaired) electrons. The number of ketones is 2. The number of alkyl halides is 3. The Hall–Kier alpha value is -0.690. The number of rotatable bonds is 3. The van der Waals surface area contributed by atoms with E-state index in [1.165, 1.54) is 0 Å². The Bertz CT molecular complexity index is 505. The molecule has 0 amide bonds. The van der Waals surface area contributed by atoms with Gasteiger partial charge in [0.15, 0.2) is 0 Å². The maximum Gasteiger partial charge on any atom is 1.00 e. The summed E-state index contributed by atoms with van der Waals surface area (Å²) in [6.45, 7) is 0.664. The number of Topliss-reactive ketones (excluding diaryl/α,β-unsaturated/α-hetero) is 2. The fourth-order valence-corrected chi connectivity index (χ4v) is 2.31. The van der Waals surface area contributed by atoms with Crippen molar-refractivity contribution < 1.29 is 52.3 Å². The number of carbonyl (C=O) groups excluding carboxylic acids is 2. The minimum Gasteiger partial charge on any atom is -0.299 e. The normalized spacial score (nSPS) is 20.0. The van der Waals surface area contributed by atoms with Crippen LogP contribution < -0.4 is 29.6 Å². The Morgan fingerprint density at radius 1 is 1.24 bits per heavy atom. The number of nitrogens with zero attached hydrogens (tertiary/aromatic N) is 1. The fourth-order valence-electron chi connectivity index (χ4n) is 2.31. The molecule has 1 aliphatic heterocycles. The standard InChI is InChI=1S/C14H14F3NO2.Na/c15-14(16,17)13(20)11-9-18(7-6-12(11)19)8-10-4-2-1-3-5-10;/h1-5,11H,6-9H2;/q;+1. The Labute approximate surface area is 142 Å². The molecule has 0 aromatic heterocycles. The van der Waals surface area contributed by atoms with Gasteiger partial charge in [-0.25, -0.2) is 0 Å². The van der Waals surface area contributed by atoms with Gasteiger partial charge in [-0.2, -0.15) is 13.2 Å². The monoisotopic (exact) mass is 308 g/mol. The second-order valence-corrected chi connectivity index (χ2v) is 4.85. The molecule has 1 fully saturated rings. The Morgan fingerprint density at radius 2 is 1.86 bits per heavy atom. The van der Waals surface area contributed by atoms with Crippen molar-refractivity contribution >= 4 is 11.6 Å². The second kappa shape index (κ2) is 7.54. The number of piperidine rings is 1. The van der Waals surface area contributed by atoms with Crippen LogP contribution in [0.25, 0.3) is 0 Å². The van der Waals surface area contributed by atoms with E-state index >= 15 is 0 Å². The molecule has 0 N–H and O–H groups in total. The Kier molecular flexibility index (Phi) is 6.59. The summed E-state index contributed by atoms with van der Waals surface area (Å²) in [5.74, 6) is -4.12. The van der Waals surface area contributed by atoms with Crippen LogP contribution in [0.4, 0.5) is 13.2 Å². The number of hydrogen-bond acceptors (Lipinski definition) is 3. The molecule has 0 saturated carbocycles. The largest absolute Gasteiger partial charge is 1.00 e. The van der Waals surface area contributed by atoms with E-state index in [0.717, 1.165) is 5.56 Å². The summed E-state index contributed by atoms with van der Waals surface area (Å²) in [6, 6.07) is 9.23. The second-order valence-electron chi connectivity index (χ2n) is 4.85. The third-order valence-electron chi connectivity index (χ3n) is 3.35. The van der Waals surface area contributed by atoms with Gasteiger partial charge in [0.1, 0.15) is 5.78 Å². The number of carbonyl (C=O) groups is 2. The number of benzene rings is 1. The number of halogens is 3. The number of likely N-dealkylation sites (tertiary alicyclic amines) is 1. The first-order chi connectivity index (χ1) is 9.38. The van der Waals surface area contributed by atoms with Crippen LogP contribution in [-0.2, 0) is 16.1 Å². The van der Waals surface area contributed by atoms with Crippen molar-refractivity contribution in [1.82, 2.24) is 4.90 Å². The van der Waals surface area contributed by atoms with Gasteiger partial charge in [0.25, 0.3) is 0 Å². The van der Waals surface area contributed by atoms with E-state index in [1.807, 2.05) is 30.3 Å². The topological polar surface area (TPSA) is 37.4 Å². The van der Waals surface area contributed by atoms with E-state index in [1.54, 1.807) is 4.90 Å². The van der Waals surface area contributed by atoms with E-state index in [9.17, 15) is 22.8 Å². The van der Waals surface area contributed by atoms with Crippen molar-refractivity contribution in [3.05, 3.63) is 35.9 Å². The van der Waals surface area contributed by atoms with Crippen molar-refractivity contribution in [2.45, 2.75) is 19.1 Å². The van der Waals surface area contributed by atoms with E-state index in [-0.39, 0.29) is 42.5 Å². The van der Waals surface area contributed by atoms with Gasteiger partial charge in [-0.1, -0.05) is 30.3 Å². The van der Waals surface area contributed by atoms with Gasteiger partial charge in [-0.05, 0) is 5.56 Å². The molecule has 1 heterocycles. The molecule has 1 aromatic rings. The SMILES string of the molecule is O=C1CCN(Cc2ccccc2)CC1C(=O)C(F)(F)F.[Na+]. The molecular weight excluding hydrogens is 294 g/mol. The van der Waals surface area contributed by atoms with Gasteiger partial charge in [0.05, 0.1) is 5.92 Å². The maximum atomic E-state index is 12.4. The molecule has 0 aliphatic carbocycles. The summed E-state index contributed by atoms with van der Waals surface area (Å²) in [5.41, 5.74) is 0.944. The quantitative estimate of drug-likeness (QED) is 0.543. The molecule has 0 bridgehead atoms. The first-order valence-corrected chi connectivity index (χ1v) is 6.28. The first-order valence-electron chi connectivity index (χ1n) is 6.28. The minimum absolute atomic E-state index is 0. The fraction of sp³-hybridized carbons (Fsp3) is 0.429. The van der Waals surface area contributed by atoms with Gasteiger partial charge in [0.2, 0.25) is 5.78 Å². The maximum absolute atomic E-state index is 12.4. The summed E-state index contributed by atoms with van der Waals surface area (Å²) < 4.78 is 37.3. The smallest absolute Gasteiger partial charge is 0.299 e. The number of hydrogen-bond donors (Lipinski definition) is 0. The molecule has 1 atom stereocenters. The molecule has 2 rings (SSSR count). The molecule has 1 unspecified atom stereocenters. The van der Waals surface area contributed by atoms with E-state index in [2.05, 4.69) is 0 Å².